The summed E-state index contributed by atoms with van der Waals surface area (Å²) in [5, 5.41) is 20.7. The minimum Gasteiger partial charge on any atom is -0.376 e. The zero-order valence-electron chi connectivity index (χ0n) is 9.10. The fourth-order valence-electron chi connectivity index (χ4n) is 1.15. The fraction of sp³-hybridized carbons (Fsp3) is 0.182. The molecule has 5 nitrogen and oxygen atoms in total. The van der Waals surface area contributed by atoms with Gasteiger partial charge in [0.1, 0.15) is 12.1 Å². The number of benzene rings is 1. The average Bonchev–Trinajstić information content (AvgIpc) is 2.30. The summed E-state index contributed by atoms with van der Waals surface area (Å²) < 4.78 is 0. The Kier molecular flexibility index (Phi) is 3.88. The van der Waals surface area contributed by atoms with Gasteiger partial charge in [0.25, 0.3) is 0 Å². The van der Waals surface area contributed by atoms with E-state index < -0.39 is 0 Å². The van der Waals surface area contributed by atoms with Crippen LogP contribution in [0.1, 0.15) is 0 Å². The van der Waals surface area contributed by atoms with Crippen LogP contribution >= 0.6 is 0 Å². The first-order valence-electron chi connectivity index (χ1n) is 4.59. The summed E-state index contributed by atoms with van der Waals surface area (Å²) in [5.41, 5.74) is 4.18. The third kappa shape index (κ3) is 2.73. The molecule has 1 aromatic rings. The molecule has 0 spiro atoms. The SMILES string of the molecule is CN(C)c1ccccc1NN=C(C#N)C#N. The molecule has 16 heavy (non-hydrogen) atoms. The maximum atomic E-state index is 8.53. The van der Waals surface area contributed by atoms with E-state index in [1.165, 1.54) is 0 Å². The van der Waals surface area contributed by atoms with Gasteiger partial charge in [0.05, 0.1) is 11.4 Å². The molecule has 0 radical (unpaired) electrons. The summed E-state index contributed by atoms with van der Waals surface area (Å²) in [6.45, 7) is 0. The molecule has 0 saturated carbocycles. The van der Waals surface area contributed by atoms with Gasteiger partial charge in [-0.2, -0.15) is 15.6 Å². The number of nitrogens with one attached hydrogen (secondary N) is 1. The predicted octanol–water partition coefficient (Wildman–Crippen LogP) is 1.57. The first-order valence-corrected chi connectivity index (χ1v) is 4.59. The molecule has 0 fully saturated rings. The van der Waals surface area contributed by atoms with Gasteiger partial charge in [0.2, 0.25) is 5.71 Å². The first kappa shape index (κ1) is 11.5. The zero-order chi connectivity index (χ0) is 12.0. The standard InChI is InChI=1S/C11H11N5/c1-16(2)11-6-4-3-5-10(11)15-14-9(7-12)8-13/h3-6,15H,1-2H3. The van der Waals surface area contributed by atoms with Gasteiger partial charge in [-0.3, -0.25) is 5.43 Å². The van der Waals surface area contributed by atoms with Crippen molar-refractivity contribution in [1.82, 2.24) is 0 Å². The Hall–Kier alpha value is -2.53. The van der Waals surface area contributed by atoms with E-state index in [1.54, 1.807) is 12.1 Å². The van der Waals surface area contributed by atoms with Crippen molar-refractivity contribution in [3.8, 4) is 12.1 Å². The van der Waals surface area contributed by atoms with E-state index in [0.29, 0.717) is 0 Å². The molecule has 0 saturated heterocycles. The van der Waals surface area contributed by atoms with Crippen LogP contribution in [0.2, 0.25) is 0 Å². The number of anilines is 2. The summed E-state index contributed by atoms with van der Waals surface area (Å²) >= 11 is 0. The number of rotatable bonds is 3. The normalized spacial score (nSPS) is 8.50. The highest BCUT2D eigenvalue weighted by Gasteiger charge is 2.02. The Balaban J connectivity index is 2.95. The Morgan fingerprint density at radius 3 is 2.44 bits per heavy atom. The quantitative estimate of drug-likeness (QED) is 0.610. The van der Waals surface area contributed by atoms with E-state index >= 15 is 0 Å². The largest absolute Gasteiger partial charge is 0.376 e. The Morgan fingerprint density at radius 2 is 1.88 bits per heavy atom. The number of para-hydroxylation sites is 2. The molecule has 0 amide bonds. The molecule has 0 aliphatic carbocycles. The lowest BCUT2D eigenvalue weighted by Gasteiger charge is -2.16. The second-order valence-electron chi connectivity index (χ2n) is 3.21. The molecule has 1 rings (SSSR count). The van der Waals surface area contributed by atoms with Crippen molar-refractivity contribution >= 4 is 17.1 Å². The lowest BCUT2D eigenvalue weighted by Crippen LogP contribution is -2.11. The van der Waals surface area contributed by atoms with Crippen LogP contribution in [0.3, 0.4) is 0 Å². The zero-order valence-corrected chi connectivity index (χ0v) is 9.10. The third-order valence-corrected chi connectivity index (χ3v) is 1.89. The number of nitriles is 2. The summed E-state index contributed by atoms with van der Waals surface area (Å²) in [4.78, 5) is 1.91. The number of hydrogen-bond donors (Lipinski definition) is 1. The second-order valence-corrected chi connectivity index (χ2v) is 3.21. The van der Waals surface area contributed by atoms with Crippen molar-refractivity contribution in [1.29, 1.82) is 10.5 Å². The Morgan fingerprint density at radius 1 is 1.25 bits per heavy atom. The molecular weight excluding hydrogens is 202 g/mol. The topological polar surface area (TPSA) is 75.2 Å². The van der Waals surface area contributed by atoms with Crippen LogP contribution in [0.5, 0.6) is 0 Å². The van der Waals surface area contributed by atoms with Crippen molar-refractivity contribution < 1.29 is 0 Å². The van der Waals surface area contributed by atoms with Crippen LogP contribution in [0.4, 0.5) is 11.4 Å². The van der Waals surface area contributed by atoms with Crippen LogP contribution in [0.25, 0.3) is 0 Å². The first-order chi connectivity index (χ1) is 7.69. The number of hydrogen-bond acceptors (Lipinski definition) is 5. The molecule has 0 aromatic heterocycles. The summed E-state index contributed by atoms with van der Waals surface area (Å²) in [7, 11) is 3.81. The smallest absolute Gasteiger partial charge is 0.237 e. The third-order valence-electron chi connectivity index (χ3n) is 1.89. The molecular formula is C11H11N5. The molecule has 0 aliphatic heterocycles. The Bertz CT molecular complexity index is 460. The van der Waals surface area contributed by atoms with Gasteiger partial charge in [-0.05, 0) is 12.1 Å². The van der Waals surface area contributed by atoms with Crippen molar-refractivity contribution in [2.75, 3.05) is 24.4 Å². The van der Waals surface area contributed by atoms with Gasteiger partial charge in [-0.15, -0.1) is 0 Å². The van der Waals surface area contributed by atoms with Crippen molar-refractivity contribution in [2.24, 2.45) is 5.10 Å². The Labute approximate surface area is 94.2 Å². The summed E-state index contributed by atoms with van der Waals surface area (Å²) in [6, 6.07) is 10.9. The molecule has 0 bridgehead atoms. The van der Waals surface area contributed by atoms with Crippen molar-refractivity contribution in [3.63, 3.8) is 0 Å². The van der Waals surface area contributed by atoms with Crippen LogP contribution < -0.4 is 10.3 Å². The molecule has 1 aromatic carbocycles. The minimum atomic E-state index is -0.200. The van der Waals surface area contributed by atoms with Crippen LogP contribution in [0, 0.1) is 22.7 Å². The second kappa shape index (κ2) is 5.38. The molecule has 1 N–H and O–H groups in total. The van der Waals surface area contributed by atoms with Crippen molar-refractivity contribution in [2.45, 2.75) is 0 Å². The van der Waals surface area contributed by atoms with Gasteiger partial charge in [-0.1, -0.05) is 12.1 Å². The fourth-order valence-corrected chi connectivity index (χ4v) is 1.15. The van der Waals surface area contributed by atoms with Gasteiger partial charge >= 0.3 is 0 Å². The van der Waals surface area contributed by atoms with Crippen molar-refractivity contribution in [3.05, 3.63) is 24.3 Å². The van der Waals surface area contributed by atoms with Gasteiger partial charge in [-0.25, -0.2) is 0 Å². The van der Waals surface area contributed by atoms with Gasteiger partial charge in [0, 0.05) is 14.1 Å². The van der Waals surface area contributed by atoms with E-state index in [4.69, 9.17) is 10.5 Å². The minimum absolute atomic E-state index is 0.200. The van der Waals surface area contributed by atoms with E-state index in [0.717, 1.165) is 11.4 Å². The molecule has 0 unspecified atom stereocenters. The molecule has 0 aliphatic rings. The average molecular weight is 213 g/mol. The molecule has 0 atom stereocenters. The van der Waals surface area contributed by atoms with Crippen LogP contribution in [-0.4, -0.2) is 19.8 Å². The van der Waals surface area contributed by atoms with E-state index in [2.05, 4.69) is 10.5 Å². The lowest BCUT2D eigenvalue weighted by atomic mass is 10.2. The monoisotopic (exact) mass is 213 g/mol. The highest BCUT2D eigenvalue weighted by Crippen LogP contribution is 2.23. The summed E-state index contributed by atoms with van der Waals surface area (Å²) in [6.07, 6.45) is 0. The highest BCUT2D eigenvalue weighted by molar-refractivity contribution is 6.10. The molecule has 0 heterocycles. The molecule has 80 valence electrons. The van der Waals surface area contributed by atoms with Crippen LogP contribution in [-0.2, 0) is 0 Å². The lowest BCUT2D eigenvalue weighted by molar-refractivity contribution is 1.13. The van der Waals surface area contributed by atoms with Crippen LogP contribution in [0.15, 0.2) is 29.4 Å². The van der Waals surface area contributed by atoms with E-state index in [-0.39, 0.29) is 5.71 Å². The number of nitrogens with zero attached hydrogens (tertiary/aromatic N) is 4. The van der Waals surface area contributed by atoms with E-state index in [9.17, 15) is 0 Å². The van der Waals surface area contributed by atoms with E-state index in [1.807, 2.05) is 43.3 Å². The van der Waals surface area contributed by atoms with Gasteiger partial charge in [0.15, 0.2) is 0 Å². The molecule has 5 heteroatoms. The predicted molar refractivity (Wildman–Crippen MR) is 63.1 cm³/mol. The maximum Gasteiger partial charge on any atom is 0.237 e. The number of hydrazone groups is 1. The maximum absolute atomic E-state index is 8.53. The highest BCUT2D eigenvalue weighted by atomic mass is 15.3. The van der Waals surface area contributed by atoms with Gasteiger partial charge < -0.3 is 4.90 Å². The summed E-state index contributed by atoms with van der Waals surface area (Å²) in [5.74, 6) is 0.